The SMILES string of the molecule is COc1cc(C2=Nc3c/c(=C/c4sc(=O)[nH]c4O)ccc3=N2)ccc1OCC(C)C. The Labute approximate surface area is 176 Å². The van der Waals surface area contributed by atoms with E-state index in [0.717, 1.165) is 33.2 Å². The summed E-state index contributed by atoms with van der Waals surface area (Å²) in [5, 5.41) is 11.3. The van der Waals surface area contributed by atoms with Gasteiger partial charge in [0.25, 0.3) is 0 Å². The molecule has 0 bridgehead atoms. The number of benzene rings is 2. The molecule has 0 aliphatic carbocycles. The summed E-state index contributed by atoms with van der Waals surface area (Å²) >= 11 is 0.949. The fraction of sp³-hybridized carbons (Fsp3) is 0.227. The molecule has 0 fully saturated rings. The minimum absolute atomic E-state index is 0.133. The molecule has 0 radical (unpaired) electrons. The third-order valence-corrected chi connectivity index (χ3v) is 5.22. The number of thiazole rings is 1. The molecule has 8 heteroatoms. The molecule has 0 saturated heterocycles. The van der Waals surface area contributed by atoms with Crippen LogP contribution in [0.2, 0.25) is 0 Å². The Morgan fingerprint density at radius 2 is 2.00 bits per heavy atom. The molecule has 1 aromatic heterocycles. The van der Waals surface area contributed by atoms with E-state index in [2.05, 4.69) is 28.8 Å². The maximum atomic E-state index is 11.4. The summed E-state index contributed by atoms with van der Waals surface area (Å²) in [5.74, 6) is 2.19. The molecule has 2 N–H and O–H groups in total. The maximum Gasteiger partial charge on any atom is 0.307 e. The molecule has 1 aliphatic rings. The number of nitrogens with zero attached hydrogens (tertiary/aromatic N) is 2. The lowest BCUT2D eigenvalue weighted by Crippen LogP contribution is -2.07. The Morgan fingerprint density at radius 3 is 2.70 bits per heavy atom. The van der Waals surface area contributed by atoms with Crippen LogP contribution in [0.1, 0.15) is 24.3 Å². The summed E-state index contributed by atoms with van der Waals surface area (Å²) < 4.78 is 11.3. The van der Waals surface area contributed by atoms with Crippen molar-refractivity contribution >= 4 is 28.9 Å². The smallest absolute Gasteiger partial charge is 0.307 e. The van der Waals surface area contributed by atoms with Crippen LogP contribution in [0.15, 0.2) is 51.2 Å². The number of H-pyrrole nitrogens is 1. The molecule has 0 atom stereocenters. The summed E-state index contributed by atoms with van der Waals surface area (Å²) in [6.07, 6.45) is 1.73. The van der Waals surface area contributed by atoms with Crippen LogP contribution >= 0.6 is 11.3 Å². The number of aromatic nitrogens is 1. The second-order valence-corrected chi connectivity index (χ2v) is 8.25. The van der Waals surface area contributed by atoms with Gasteiger partial charge in [-0.15, -0.1) is 0 Å². The average molecular weight is 423 g/mol. The molecule has 2 heterocycles. The van der Waals surface area contributed by atoms with Crippen LogP contribution in [0.4, 0.5) is 5.69 Å². The van der Waals surface area contributed by atoms with Gasteiger partial charge < -0.3 is 14.6 Å². The lowest BCUT2D eigenvalue weighted by Gasteiger charge is -2.13. The van der Waals surface area contributed by atoms with Crippen LogP contribution in [-0.4, -0.2) is 29.6 Å². The molecular formula is C22H21N3O4S. The van der Waals surface area contributed by atoms with E-state index in [-0.39, 0.29) is 10.8 Å². The fourth-order valence-corrected chi connectivity index (χ4v) is 3.65. The fourth-order valence-electron chi connectivity index (χ4n) is 2.96. The van der Waals surface area contributed by atoms with Crippen LogP contribution in [-0.2, 0) is 0 Å². The van der Waals surface area contributed by atoms with Crippen LogP contribution in [0, 0.1) is 5.92 Å². The summed E-state index contributed by atoms with van der Waals surface area (Å²) in [6, 6.07) is 11.2. The van der Waals surface area contributed by atoms with Gasteiger partial charge >= 0.3 is 4.87 Å². The number of rotatable bonds is 6. The van der Waals surface area contributed by atoms with Crippen molar-refractivity contribution in [2.45, 2.75) is 13.8 Å². The highest BCUT2D eigenvalue weighted by Crippen LogP contribution is 2.29. The number of hydrogen-bond acceptors (Lipinski definition) is 7. The highest BCUT2D eigenvalue weighted by atomic mass is 32.1. The number of nitrogens with one attached hydrogen (secondary N) is 1. The number of fused-ring (bicyclic) bond motifs is 1. The number of ether oxygens (including phenoxy) is 2. The van der Waals surface area contributed by atoms with Gasteiger partial charge in [0.2, 0.25) is 5.88 Å². The van der Waals surface area contributed by atoms with Crippen molar-refractivity contribution in [1.82, 2.24) is 4.98 Å². The Morgan fingerprint density at radius 1 is 1.17 bits per heavy atom. The summed E-state index contributed by atoms with van der Waals surface area (Å²) in [6.45, 7) is 4.79. The first kappa shape index (κ1) is 19.9. The molecule has 4 rings (SSSR count). The topological polar surface area (TPSA) is 96.3 Å². The van der Waals surface area contributed by atoms with E-state index < -0.39 is 0 Å². The highest BCUT2D eigenvalue weighted by molar-refractivity contribution is 7.10. The van der Waals surface area contributed by atoms with Gasteiger partial charge in [0.15, 0.2) is 17.3 Å². The quantitative estimate of drug-likeness (QED) is 0.637. The Bertz CT molecular complexity index is 1300. The predicted molar refractivity (Wildman–Crippen MR) is 117 cm³/mol. The summed E-state index contributed by atoms with van der Waals surface area (Å²) in [7, 11) is 1.61. The van der Waals surface area contributed by atoms with Crippen molar-refractivity contribution in [1.29, 1.82) is 0 Å². The molecule has 30 heavy (non-hydrogen) atoms. The van der Waals surface area contributed by atoms with E-state index in [1.807, 2.05) is 36.4 Å². The highest BCUT2D eigenvalue weighted by Gasteiger charge is 2.14. The van der Waals surface area contributed by atoms with Gasteiger partial charge in [0.05, 0.1) is 29.6 Å². The second kappa shape index (κ2) is 8.16. The van der Waals surface area contributed by atoms with Gasteiger partial charge in [0, 0.05) is 5.56 Å². The summed E-state index contributed by atoms with van der Waals surface area (Å²) in [4.78, 5) is 23.1. The molecule has 0 spiro atoms. The van der Waals surface area contributed by atoms with Crippen LogP contribution in [0.25, 0.3) is 6.08 Å². The van der Waals surface area contributed by atoms with E-state index >= 15 is 0 Å². The number of aromatic amines is 1. The first-order chi connectivity index (χ1) is 14.4. The normalized spacial score (nSPS) is 13.2. The van der Waals surface area contributed by atoms with Crippen molar-refractivity contribution in [2.24, 2.45) is 15.9 Å². The lowest BCUT2D eigenvalue weighted by molar-refractivity contribution is 0.257. The minimum Gasteiger partial charge on any atom is -0.493 e. The standard InChI is InChI=1S/C22H21N3O4S/c1-12(2)11-29-17-7-5-14(10-18(17)28-3)20-23-15-6-4-13(8-16(15)24-20)9-19-21(26)25-22(27)30-19/h4-10,12,26H,11H2,1-3H3,(H,25,27)/b13-9+. The Kier molecular flexibility index (Phi) is 5.41. The van der Waals surface area contributed by atoms with Crippen LogP contribution in [0.3, 0.4) is 0 Å². The number of methoxy groups -OCH3 is 1. The van der Waals surface area contributed by atoms with E-state index in [0.29, 0.717) is 34.7 Å². The average Bonchev–Trinajstić information content (AvgIpc) is 3.28. The molecule has 0 saturated carbocycles. The van der Waals surface area contributed by atoms with Crippen molar-refractivity contribution in [3.05, 3.63) is 67.1 Å². The monoisotopic (exact) mass is 423 g/mol. The molecule has 1 aliphatic heterocycles. The zero-order chi connectivity index (χ0) is 21.3. The molecule has 154 valence electrons. The number of amidine groups is 1. The first-order valence-electron chi connectivity index (χ1n) is 9.45. The van der Waals surface area contributed by atoms with Crippen LogP contribution in [0.5, 0.6) is 17.4 Å². The van der Waals surface area contributed by atoms with Crippen molar-refractivity contribution in [2.75, 3.05) is 13.7 Å². The molecule has 0 unspecified atom stereocenters. The second-order valence-electron chi connectivity index (χ2n) is 7.24. The van der Waals surface area contributed by atoms with E-state index in [1.165, 1.54) is 0 Å². The molecular weight excluding hydrogens is 402 g/mol. The van der Waals surface area contributed by atoms with E-state index in [4.69, 9.17) is 9.47 Å². The zero-order valence-electron chi connectivity index (χ0n) is 16.8. The molecule has 2 aromatic carbocycles. The molecule has 7 nitrogen and oxygen atoms in total. The van der Waals surface area contributed by atoms with Gasteiger partial charge in [-0.25, -0.2) is 9.98 Å². The minimum atomic E-state index is -0.301. The van der Waals surface area contributed by atoms with Gasteiger partial charge in [-0.1, -0.05) is 31.3 Å². The largest absolute Gasteiger partial charge is 0.493 e. The first-order valence-corrected chi connectivity index (χ1v) is 10.3. The van der Waals surface area contributed by atoms with Crippen molar-refractivity contribution in [3.8, 4) is 17.4 Å². The maximum absolute atomic E-state index is 11.4. The zero-order valence-corrected chi connectivity index (χ0v) is 17.6. The molecule has 0 amide bonds. The van der Waals surface area contributed by atoms with Crippen molar-refractivity contribution in [3.63, 3.8) is 0 Å². The third-order valence-electron chi connectivity index (χ3n) is 4.40. The third kappa shape index (κ3) is 4.13. The number of aromatic hydroxyl groups is 1. The van der Waals surface area contributed by atoms with Gasteiger partial charge in [0.1, 0.15) is 0 Å². The Hall–Kier alpha value is -3.39. The van der Waals surface area contributed by atoms with Gasteiger partial charge in [-0.05, 0) is 47.5 Å². The Balaban J connectivity index is 1.65. The van der Waals surface area contributed by atoms with E-state index in [1.54, 1.807) is 13.2 Å². The van der Waals surface area contributed by atoms with E-state index in [9.17, 15) is 9.90 Å². The van der Waals surface area contributed by atoms with Crippen LogP contribution < -0.4 is 24.9 Å². The molecule has 3 aromatic rings. The predicted octanol–water partition coefficient (Wildman–Crippen LogP) is 2.73. The van der Waals surface area contributed by atoms with Gasteiger partial charge in [-0.2, -0.15) is 0 Å². The number of hydrogen-bond donors (Lipinski definition) is 2. The lowest BCUT2D eigenvalue weighted by atomic mass is 10.2. The number of aliphatic imine (C=N–C) groups is 1. The summed E-state index contributed by atoms with van der Waals surface area (Å²) in [5.41, 5.74) is 1.55. The van der Waals surface area contributed by atoms with Crippen molar-refractivity contribution < 1.29 is 14.6 Å². The van der Waals surface area contributed by atoms with Gasteiger partial charge in [-0.3, -0.25) is 9.78 Å².